The van der Waals surface area contributed by atoms with E-state index in [-0.39, 0.29) is 17.7 Å². The molecule has 0 spiro atoms. The average Bonchev–Trinajstić information content (AvgIpc) is 2.43. The second-order valence-electron chi connectivity index (χ2n) is 5.04. The minimum absolute atomic E-state index is 0.0678. The van der Waals surface area contributed by atoms with Crippen molar-refractivity contribution < 1.29 is 10.2 Å². The molecule has 1 aliphatic heterocycles. The highest BCUT2D eigenvalue weighted by atomic mass is 16.3. The van der Waals surface area contributed by atoms with Crippen LogP contribution in [0.5, 0.6) is 11.5 Å². The summed E-state index contributed by atoms with van der Waals surface area (Å²) < 4.78 is 0. The van der Waals surface area contributed by atoms with Gasteiger partial charge in [0.25, 0.3) is 0 Å². The molecule has 0 saturated carbocycles. The quantitative estimate of drug-likeness (QED) is 0.607. The molecule has 1 unspecified atom stereocenters. The van der Waals surface area contributed by atoms with E-state index in [2.05, 4.69) is 20.6 Å². The first-order chi connectivity index (χ1) is 9.97. The number of nitrogens with zero attached hydrogens (tertiary/aromatic N) is 3. The molecule has 1 heterocycles. The molecule has 0 amide bonds. The van der Waals surface area contributed by atoms with E-state index in [0.717, 1.165) is 5.96 Å². The molecule has 7 heteroatoms. The van der Waals surface area contributed by atoms with E-state index in [9.17, 15) is 10.2 Å². The average molecular weight is 291 g/mol. The van der Waals surface area contributed by atoms with Crippen molar-refractivity contribution in [2.75, 3.05) is 20.6 Å². The number of aromatic hydroxyl groups is 2. The van der Waals surface area contributed by atoms with Gasteiger partial charge in [-0.15, -0.1) is 0 Å². The van der Waals surface area contributed by atoms with Gasteiger partial charge in [0.15, 0.2) is 17.5 Å². The van der Waals surface area contributed by atoms with Crippen LogP contribution in [0.15, 0.2) is 28.2 Å². The molecule has 0 bridgehead atoms. The van der Waals surface area contributed by atoms with Gasteiger partial charge in [-0.2, -0.15) is 0 Å². The molecule has 0 aliphatic carbocycles. The van der Waals surface area contributed by atoms with Crippen molar-refractivity contribution in [2.45, 2.75) is 19.5 Å². The van der Waals surface area contributed by atoms with Crippen LogP contribution in [-0.4, -0.2) is 53.8 Å². The minimum Gasteiger partial charge on any atom is -0.504 e. The molecule has 1 aromatic carbocycles. The highest BCUT2D eigenvalue weighted by Crippen LogP contribution is 2.28. The van der Waals surface area contributed by atoms with Gasteiger partial charge in [0.05, 0.1) is 0 Å². The number of rotatable bonds is 3. The summed E-state index contributed by atoms with van der Waals surface area (Å²) in [6.07, 6.45) is 0.435. The minimum atomic E-state index is -0.139. The molecular weight excluding hydrogens is 270 g/mol. The van der Waals surface area contributed by atoms with Crippen LogP contribution < -0.4 is 10.6 Å². The van der Waals surface area contributed by atoms with Gasteiger partial charge < -0.3 is 20.4 Å². The second-order valence-corrected chi connectivity index (χ2v) is 5.04. The predicted octanol–water partition coefficient (Wildman–Crippen LogP) is 0.453. The molecule has 21 heavy (non-hydrogen) atoms. The van der Waals surface area contributed by atoms with Crippen molar-refractivity contribution >= 4 is 11.9 Å². The van der Waals surface area contributed by atoms with Gasteiger partial charge in [-0.25, -0.2) is 9.98 Å². The fraction of sp³-hybridized carbons (Fsp3) is 0.429. The largest absolute Gasteiger partial charge is 0.504 e. The summed E-state index contributed by atoms with van der Waals surface area (Å²) in [6, 6.07) is 4.95. The van der Waals surface area contributed by atoms with E-state index in [1.165, 1.54) is 6.07 Å². The highest BCUT2D eigenvalue weighted by molar-refractivity contribution is 5.99. The summed E-state index contributed by atoms with van der Waals surface area (Å²) in [6.45, 7) is 2.49. The van der Waals surface area contributed by atoms with Crippen LogP contribution in [0.4, 0.5) is 0 Å². The molecule has 0 aromatic heterocycles. The Morgan fingerprint density at radius 2 is 2.05 bits per heavy atom. The summed E-state index contributed by atoms with van der Waals surface area (Å²) in [5, 5.41) is 25.5. The number of hydrogen-bond acceptors (Lipinski definition) is 7. The monoisotopic (exact) mass is 291 g/mol. The highest BCUT2D eigenvalue weighted by Gasteiger charge is 2.14. The Kier molecular flexibility index (Phi) is 4.52. The summed E-state index contributed by atoms with van der Waals surface area (Å²) >= 11 is 0. The molecule has 0 radical (unpaired) electrons. The first-order valence-corrected chi connectivity index (χ1v) is 6.81. The Hall–Kier alpha value is -2.44. The van der Waals surface area contributed by atoms with Crippen LogP contribution in [0.1, 0.15) is 12.5 Å². The molecule has 1 atom stereocenters. The summed E-state index contributed by atoms with van der Waals surface area (Å²) in [5.41, 5.74) is 0.688. The first-order valence-electron chi connectivity index (χ1n) is 6.81. The van der Waals surface area contributed by atoms with Crippen molar-refractivity contribution in [2.24, 2.45) is 9.98 Å². The van der Waals surface area contributed by atoms with Crippen molar-refractivity contribution in [3.63, 3.8) is 0 Å². The topological polar surface area (TPSA) is 92.5 Å². The van der Waals surface area contributed by atoms with Gasteiger partial charge in [-0.05, 0) is 25.0 Å². The lowest BCUT2D eigenvalue weighted by Crippen LogP contribution is -2.49. The van der Waals surface area contributed by atoms with Gasteiger partial charge in [0.1, 0.15) is 6.17 Å². The number of para-hydroxylation sites is 1. The van der Waals surface area contributed by atoms with E-state index in [0.29, 0.717) is 24.5 Å². The Morgan fingerprint density at radius 1 is 1.29 bits per heavy atom. The maximum Gasteiger partial charge on any atom is 0.202 e. The lowest BCUT2D eigenvalue weighted by molar-refractivity contribution is 0.399. The molecule has 114 valence electrons. The SMILES string of the molecule is CC1N=C(NCCc2cccc(O)c2O)NC(N(C)C)=N1. The predicted molar refractivity (Wildman–Crippen MR) is 82.6 cm³/mol. The van der Waals surface area contributed by atoms with Crippen molar-refractivity contribution in [1.82, 2.24) is 15.5 Å². The fourth-order valence-corrected chi connectivity index (χ4v) is 1.98. The van der Waals surface area contributed by atoms with Crippen LogP contribution in [0.25, 0.3) is 0 Å². The van der Waals surface area contributed by atoms with E-state index >= 15 is 0 Å². The molecule has 4 N–H and O–H groups in total. The van der Waals surface area contributed by atoms with Crippen LogP contribution in [0.3, 0.4) is 0 Å². The van der Waals surface area contributed by atoms with Crippen molar-refractivity contribution in [3.8, 4) is 11.5 Å². The fourth-order valence-electron chi connectivity index (χ4n) is 1.98. The number of guanidine groups is 2. The van der Waals surface area contributed by atoms with Crippen molar-refractivity contribution in [1.29, 1.82) is 0 Å². The van der Waals surface area contributed by atoms with E-state index in [1.54, 1.807) is 12.1 Å². The lowest BCUT2D eigenvalue weighted by Gasteiger charge is -2.24. The number of aliphatic imine (C=N–C) groups is 2. The van der Waals surface area contributed by atoms with E-state index < -0.39 is 0 Å². The van der Waals surface area contributed by atoms with Gasteiger partial charge >= 0.3 is 0 Å². The molecule has 1 aliphatic rings. The molecule has 0 fully saturated rings. The normalized spacial score (nSPS) is 17.6. The standard InChI is InChI=1S/C14H21N5O2/c1-9-16-13(18-14(17-9)19(2)3)15-8-7-10-5-4-6-11(20)12(10)21/h4-6,9,20-21H,7-8H2,1-3H3,(H2,15,16,17,18). The third-order valence-corrected chi connectivity index (χ3v) is 3.06. The Labute approximate surface area is 124 Å². The summed E-state index contributed by atoms with van der Waals surface area (Å²) in [7, 11) is 3.82. The molecule has 7 nitrogen and oxygen atoms in total. The van der Waals surface area contributed by atoms with E-state index in [4.69, 9.17) is 0 Å². The first kappa shape index (κ1) is 15.0. The van der Waals surface area contributed by atoms with Crippen LogP contribution in [0.2, 0.25) is 0 Å². The second kappa shape index (κ2) is 6.34. The van der Waals surface area contributed by atoms with Gasteiger partial charge in [-0.1, -0.05) is 12.1 Å². The van der Waals surface area contributed by atoms with E-state index in [1.807, 2.05) is 25.9 Å². The summed E-state index contributed by atoms with van der Waals surface area (Å²) in [5.74, 6) is 1.24. The molecular formula is C14H21N5O2. The molecule has 2 rings (SSSR count). The lowest BCUT2D eigenvalue weighted by atomic mass is 10.1. The number of hydrogen-bond donors (Lipinski definition) is 4. The number of benzene rings is 1. The van der Waals surface area contributed by atoms with Gasteiger partial charge in [-0.3, -0.25) is 5.32 Å². The number of phenolic OH excluding ortho intramolecular Hbond substituents is 2. The third kappa shape index (κ3) is 3.77. The number of nitrogens with one attached hydrogen (secondary N) is 2. The van der Waals surface area contributed by atoms with Gasteiger partial charge in [0, 0.05) is 20.6 Å². The zero-order chi connectivity index (χ0) is 15.4. The summed E-state index contributed by atoms with van der Waals surface area (Å²) in [4.78, 5) is 10.6. The maximum atomic E-state index is 9.74. The smallest absolute Gasteiger partial charge is 0.202 e. The third-order valence-electron chi connectivity index (χ3n) is 3.06. The van der Waals surface area contributed by atoms with Crippen LogP contribution >= 0.6 is 0 Å². The number of phenols is 2. The molecule has 0 saturated heterocycles. The molecule has 1 aromatic rings. The Balaban J connectivity index is 1.91. The van der Waals surface area contributed by atoms with Crippen molar-refractivity contribution in [3.05, 3.63) is 23.8 Å². The van der Waals surface area contributed by atoms with Crippen LogP contribution in [-0.2, 0) is 6.42 Å². The maximum absolute atomic E-state index is 9.74. The Bertz CT molecular complexity index is 568. The van der Waals surface area contributed by atoms with Gasteiger partial charge in [0.2, 0.25) is 5.96 Å². The zero-order valence-corrected chi connectivity index (χ0v) is 12.5. The van der Waals surface area contributed by atoms with Crippen LogP contribution in [0, 0.1) is 0 Å². The zero-order valence-electron chi connectivity index (χ0n) is 12.5. The Morgan fingerprint density at radius 3 is 2.76 bits per heavy atom.